The van der Waals surface area contributed by atoms with Gasteiger partial charge in [-0.3, -0.25) is 19.1 Å². The lowest BCUT2D eigenvalue weighted by Gasteiger charge is -2.38. The maximum absolute atomic E-state index is 13.6. The van der Waals surface area contributed by atoms with Crippen LogP contribution in [0.2, 0.25) is 10.0 Å². The van der Waals surface area contributed by atoms with Gasteiger partial charge in [-0.05, 0) is 116 Å². The largest absolute Gasteiger partial charge is 0.497 e. The number of aryl methyl sites for hydroxylation is 1. The number of carbonyl (C=O) groups excluding carboxylic acids is 1. The molecule has 6 aliphatic rings. The van der Waals surface area contributed by atoms with Crippen LogP contribution in [-0.4, -0.2) is 90.1 Å². The van der Waals surface area contributed by atoms with Crippen LogP contribution in [0.5, 0.6) is 17.2 Å². The average Bonchev–Trinajstić information content (AvgIpc) is 0.941. The Morgan fingerprint density at radius 2 is 1.61 bits per heavy atom. The number of H-pyrrole nitrogens is 1. The van der Waals surface area contributed by atoms with Gasteiger partial charge in [0, 0.05) is 76.6 Å². The van der Waals surface area contributed by atoms with Gasteiger partial charge in [0.1, 0.15) is 40.9 Å². The van der Waals surface area contributed by atoms with Crippen molar-refractivity contribution in [3.63, 3.8) is 0 Å². The molecule has 15 nitrogen and oxygen atoms in total. The van der Waals surface area contributed by atoms with E-state index >= 15 is 0 Å². The van der Waals surface area contributed by atoms with Crippen molar-refractivity contribution in [1.82, 2.24) is 14.9 Å². The summed E-state index contributed by atoms with van der Waals surface area (Å²) in [5.41, 5.74) is 7.19. The van der Waals surface area contributed by atoms with Crippen molar-refractivity contribution in [1.29, 1.82) is 0 Å². The van der Waals surface area contributed by atoms with Crippen molar-refractivity contribution in [2.24, 2.45) is 5.92 Å². The van der Waals surface area contributed by atoms with Gasteiger partial charge >= 0.3 is 11.7 Å². The summed E-state index contributed by atoms with van der Waals surface area (Å²) in [6.07, 6.45) is 14.7. The van der Waals surface area contributed by atoms with Crippen molar-refractivity contribution in [2.75, 3.05) is 51.1 Å². The molecule has 1 aromatic heterocycles. The number of benzene rings is 5. The summed E-state index contributed by atoms with van der Waals surface area (Å²) in [5, 5.41) is 25.5. The molecule has 2 fully saturated rings. The number of carboxylic acids is 1. The number of allylic oxidation sites excluding steroid dienone is 3. The number of nitrogens with zero attached hydrogens (tertiary/aromatic N) is 2. The standard InChI is InChI=1S/C66H64Cl2N4O11S/c1-79-44-24-20-42(21-25-44)66(41-15-4-3-5-16-41,43-22-26-45(80-2)27-23-43)81-36-52-51(73)34-55(82-52)72-35-40(63(75)70-65(72)78)14-10-29-69-54(74)37-84-53-33-50(67)57(64(76)77)58(59(53)68)56-47-28-19-38-12-6-7-17-46(38)61(47)83-62-48-18-11-31-71-30-9-8-13-39(60(48)71)32-49(56)62/h3-5,10,14-16,19-28,32-33,35,38,51-52,55,73H,6-9,11-13,17-18,29-31,34,36-37H2,1-2H3,(H,69,74)(H,76,77)(H,70,75,78)/b14-10+. The number of aromatic carboxylic acids is 1. The summed E-state index contributed by atoms with van der Waals surface area (Å²) in [6, 6.07) is 28.6. The second-order valence-electron chi connectivity index (χ2n) is 22.0. The molecule has 12 rings (SSSR count). The zero-order valence-corrected chi connectivity index (χ0v) is 48.9. The van der Waals surface area contributed by atoms with E-state index in [1.165, 1.54) is 39.7 Å². The molecular weight excluding hydrogens is 1130 g/mol. The molecule has 1 amide bonds. The molecule has 0 spiro atoms. The van der Waals surface area contributed by atoms with Crippen molar-refractivity contribution in [3.8, 4) is 17.2 Å². The average molecular weight is 1190 g/mol. The number of carbonyl (C=O) groups is 2. The number of carboxylic acid groups (broad SMARTS) is 1. The zero-order chi connectivity index (χ0) is 58.2. The van der Waals surface area contributed by atoms with Gasteiger partial charge in [0.2, 0.25) is 5.91 Å². The van der Waals surface area contributed by atoms with E-state index in [-0.39, 0.29) is 58.3 Å². The third-order valence-corrected chi connectivity index (χ3v) is 18.9. The van der Waals surface area contributed by atoms with Gasteiger partial charge in [-0.2, -0.15) is 0 Å². The molecule has 5 heterocycles. The van der Waals surface area contributed by atoms with Crippen molar-refractivity contribution in [2.45, 2.75) is 93.1 Å². The van der Waals surface area contributed by atoms with Crippen molar-refractivity contribution >= 4 is 64.2 Å². The topological polar surface area (TPSA) is 191 Å². The van der Waals surface area contributed by atoms with E-state index < -0.39 is 41.3 Å². The fourth-order valence-corrected chi connectivity index (χ4v) is 14.6. The highest BCUT2D eigenvalue weighted by molar-refractivity contribution is 8.00. The number of fused-ring (bicyclic) bond motifs is 4. The Kier molecular flexibility index (Phi) is 16.6. The van der Waals surface area contributed by atoms with E-state index in [4.69, 9.17) is 46.9 Å². The summed E-state index contributed by atoms with van der Waals surface area (Å²) < 4.78 is 32.7. The van der Waals surface area contributed by atoms with Crippen molar-refractivity contribution < 1.29 is 43.5 Å². The summed E-state index contributed by atoms with van der Waals surface area (Å²) in [5.74, 6) is 1.40. The van der Waals surface area contributed by atoms with E-state index in [2.05, 4.69) is 33.4 Å². The van der Waals surface area contributed by atoms with Crippen LogP contribution in [0.3, 0.4) is 0 Å². The lowest BCUT2D eigenvalue weighted by atomic mass is 9.75. The molecule has 0 radical (unpaired) electrons. The monoisotopic (exact) mass is 1190 g/mol. The molecule has 434 valence electrons. The Labute approximate surface area is 500 Å². The number of hydrogen-bond acceptors (Lipinski definition) is 12. The molecule has 5 aromatic carbocycles. The summed E-state index contributed by atoms with van der Waals surface area (Å²) >= 11 is 15.6. The second-order valence-corrected chi connectivity index (χ2v) is 23.8. The smallest absolute Gasteiger partial charge is 0.337 e. The predicted octanol–water partition coefficient (Wildman–Crippen LogP) is 11.4. The zero-order valence-electron chi connectivity index (χ0n) is 46.6. The number of amides is 1. The first-order valence-electron chi connectivity index (χ1n) is 28.6. The maximum atomic E-state index is 13.6. The first kappa shape index (κ1) is 57.1. The third kappa shape index (κ3) is 10.8. The van der Waals surface area contributed by atoms with E-state index in [1.807, 2.05) is 78.9 Å². The van der Waals surface area contributed by atoms with Gasteiger partial charge in [0.25, 0.3) is 5.56 Å². The number of ether oxygens (including phenoxy) is 5. The Hall–Kier alpha value is -7.31. The summed E-state index contributed by atoms with van der Waals surface area (Å²) in [7, 11) is 3.20. The van der Waals surface area contributed by atoms with Crippen LogP contribution in [0.1, 0.15) is 112 Å². The molecule has 4 atom stereocenters. The lowest BCUT2D eigenvalue weighted by molar-refractivity contribution is -0.118. The fraction of sp³-hybridized carbons (Fsp3) is 0.333. The van der Waals surface area contributed by atoms with Crippen LogP contribution in [0.15, 0.2) is 147 Å². The van der Waals surface area contributed by atoms with Gasteiger partial charge in [0.05, 0.1) is 53.9 Å². The summed E-state index contributed by atoms with van der Waals surface area (Å²) in [6.45, 7) is 1.88. The molecule has 2 aliphatic carbocycles. The van der Waals surface area contributed by atoms with Gasteiger partial charge < -0.3 is 44.1 Å². The van der Waals surface area contributed by atoms with E-state index in [9.17, 15) is 29.4 Å². The van der Waals surface area contributed by atoms with Crippen LogP contribution >= 0.6 is 35.0 Å². The minimum Gasteiger partial charge on any atom is -0.497 e. The molecule has 0 bridgehead atoms. The van der Waals surface area contributed by atoms with E-state index in [0.29, 0.717) is 27.5 Å². The number of aliphatic hydroxyl groups excluding tert-OH is 1. The van der Waals surface area contributed by atoms with Gasteiger partial charge in [-0.1, -0.05) is 109 Å². The molecule has 4 unspecified atom stereocenters. The quantitative estimate of drug-likeness (QED) is 0.0499. The molecular formula is C66H64Cl2N4O11S. The maximum Gasteiger partial charge on any atom is 0.337 e. The highest BCUT2D eigenvalue weighted by Crippen LogP contribution is 2.55. The van der Waals surface area contributed by atoms with E-state index in [0.717, 1.165) is 128 Å². The molecule has 6 aromatic rings. The predicted molar refractivity (Wildman–Crippen MR) is 325 cm³/mol. The molecule has 4 N–H and O–H groups in total. The first-order valence-corrected chi connectivity index (χ1v) is 30.4. The normalized spacial score (nSPS) is 19.9. The molecule has 1 saturated heterocycles. The van der Waals surface area contributed by atoms with Crippen LogP contribution in [0, 0.1) is 5.92 Å². The minimum absolute atomic E-state index is 0.00633. The Balaban J connectivity index is 0.762. The minimum atomic E-state index is -1.22. The van der Waals surface area contributed by atoms with Gasteiger partial charge in [0.15, 0.2) is 0 Å². The molecule has 4 aliphatic heterocycles. The van der Waals surface area contributed by atoms with Crippen LogP contribution < -0.4 is 35.7 Å². The highest BCUT2D eigenvalue weighted by Gasteiger charge is 2.43. The van der Waals surface area contributed by atoms with Crippen LogP contribution in [0.4, 0.5) is 5.69 Å². The number of nitrogens with one attached hydrogen (secondary N) is 2. The number of methoxy groups -OCH3 is 2. The Morgan fingerprint density at radius 1 is 0.893 bits per heavy atom. The number of aromatic nitrogens is 2. The number of aromatic amines is 1. The molecule has 84 heavy (non-hydrogen) atoms. The number of anilines is 1. The van der Waals surface area contributed by atoms with Crippen molar-refractivity contribution in [3.05, 3.63) is 213 Å². The SMILES string of the molecule is COc1ccc(C(OCC2OC(n3cc(/C=C/CNC(=O)CSc4cc(Cl)c(C(=O)O)c(C5=C6C=CC7CCCCC7=C6Oc6c5cc5c7c6CCCN7CCCC5)c4Cl)c(=O)[nH]c3=O)CC2O)(c2ccccc2)c2ccc(OC)cc2)cc1. The fourth-order valence-electron chi connectivity index (χ4n) is 13.0. The second kappa shape index (κ2) is 24.3. The lowest BCUT2D eigenvalue weighted by Crippen LogP contribution is -2.38. The third-order valence-electron chi connectivity index (χ3n) is 17.0. The molecule has 18 heteroatoms. The van der Waals surface area contributed by atoms with Crippen LogP contribution in [0.25, 0.3) is 11.6 Å². The number of hydrogen-bond donors (Lipinski definition) is 4. The number of rotatable bonds is 17. The number of halogens is 2. The van der Waals surface area contributed by atoms with Gasteiger partial charge in [-0.25, -0.2) is 9.59 Å². The molecule has 1 saturated carbocycles. The van der Waals surface area contributed by atoms with Gasteiger partial charge in [-0.15, -0.1) is 11.8 Å². The Morgan fingerprint density at radius 3 is 2.33 bits per heavy atom. The number of thioether (sulfide) groups is 1. The highest BCUT2D eigenvalue weighted by atomic mass is 35.5. The summed E-state index contributed by atoms with van der Waals surface area (Å²) in [4.78, 5) is 58.9. The first-order chi connectivity index (χ1) is 40.8. The van der Waals surface area contributed by atoms with E-state index in [1.54, 1.807) is 20.3 Å². The Bertz CT molecular complexity index is 3750. The number of aliphatic hydroxyl groups is 1. The van der Waals surface area contributed by atoms with Crippen LogP contribution in [-0.2, 0) is 32.7 Å².